The summed E-state index contributed by atoms with van der Waals surface area (Å²) in [6.45, 7) is 5.88. The van der Waals surface area contributed by atoms with E-state index < -0.39 is 15.7 Å². The molecule has 10 heteroatoms. The van der Waals surface area contributed by atoms with Gasteiger partial charge in [0.15, 0.2) is 0 Å². The van der Waals surface area contributed by atoms with Crippen molar-refractivity contribution in [2.45, 2.75) is 25.1 Å². The van der Waals surface area contributed by atoms with Crippen molar-refractivity contribution in [3.63, 3.8) is 0 Å². The van der Waals surface area contributed by atoms with E-state index in [2.05, 4.69) is 26.1 Å². The third kappa shape index (κ3) is 4.48. The number of nitrogens with zero attached hydrogens (tertiary/aromatic N) is 4. The number of aromatic nitrogens is 3. The van der Waals surface area contributed by atoms with Crippen LogP contribution in [0.4, 0.5) is 5.13 Å². The number of nitrogens with one attached hydrogen (secondary N) is 1. The van der Waals surface area contributed by atoms with Crippen molar-refractivity contribution >= 4 is 38.3 Å². The van der Waals surface area contributed by atoms with Crippen LogP contribution in [0.15, 0.2) is 40.2 Å². The van der Waals surface area contributed by atoms with Gasteiger partial charge in [-0.3, -0.25) is 10.1 Å². The molecule has 30 heavy (non-hydrogen) atoms. The van der Waals surface area contributed by atoms with Crippen LogP contribution < -0.4 is 5.32 Å². The zero-order valence-corrected chi connectivity index (χ0v) is 18.4. The number of nitriles is 1. The minimum atomic E-state index is -3.52. The van der Waals surface area contributed by atoms with E-state index in [1.165, 1.54) is 6.08 Å². The van der Waals surface area contributed by atoms with Gasteiger partial charge in [0.05, 0.1) is 0 Å². The van der Waals surface area contributed by atoms with E-state index in [1.54, 1.807) is 0 Å². The molecule has 0 unspecified atom stereocenters. The first-order valence-corrected chi connectivity index (χ1v) is 11.5. The number of anilines is 1. The fourth-order valence-corrected chi connectivity index (χ4v) is 4.48. The van der Waals surface area contributed by atoms with Gasteiger partial charge in [-0.15, -0.1) is 10.2 Å². The molecule has 0 saturated carbocycles. The third-order valence-corrected chi connectivity index (χ3v) is 6.85. The Morgan fingerprint density at radius 2 is 1.97 bits per heavy atom. The summed E-state index contributed by atoms with van der Waals surface area (Å²) >= 11 is 0.728. The summed E-state index contributed by atoms with van der Waals surface area (Å²) in [5, 5.41) is 19.1. The minimum Gasteiger partial charge on any atom is -0.318 e. The van der Waals surface area contributed by atoms with E-state index >= 15 is 0 Å². The Hall–Kier alpha value is -3.29. The van der Waals surface area contributed by atoms with Crippen LogP contribution in [0.2, 0.25) is 0 Å². The van der Waals surface area contributed by atoms with Crippen LogP contribution in [-0.4, -0.2) is 35.3 Å². The summed E-state index contributed by atoms with van der Waals surface area (Å²) in [5.74, 6) is -0.686. The average molecular weight is 442 g/mol. The second-order valence-corrected chi connectivity index (χ2v) is 9.94. The lowest BCUT2D eigenvalue weighted by atomic mass is 10.1. The Balaban J connectivity index is 1.91. The highest BCUT2D eigenvalue weighted by molar-refractivity contribution is 7.92. The summed E-state index contributed by atoms with van der Waals surface area (Å²) in [5.41, 5.74) is 4.57. The van der Waals surface area contributed by atoms with Crippen LogP contribution in [0.25, 0.3) is 11.8 Å². The van der Waals surface area contributed by atoms with E-state index in [-0.39, 0.29) is 15.0 Å². The third-order valence-electron chi connectivity index (χ3n) is 4.34. The van der Waals surface area contributed by atoms with Gasteiger partial charge in [0.1, 0.15) is 11.6 Å². The van der Waals surface area contributed by atoms with Crippen molar-refractivity contribution in [2.75, 3.05) is 11.6 Å². The first kappa shape index (κ1) is 21.4. The Labute approximate surface area is 178 Å². The fourth-order valence-electron chi connectivity index (χ4n) is 2.98. The van der Waals surface area contributed by atoms with Gasteiger partial charge >= 0.3 is 0 Å². The van der Waals surface area contributed by atoms with Gasteiger partial charge in [0, 0.05) is 23.3 Å². The maximum Gasteiger partial charge on any atom is 0.268 e. The van der Waals surface area contributed by atoms with Crippen molar-refractivity contribution in [3.8, 4) is 11.8 Å². The van der Waals surface area contributed by atoms with Gasteiger partial charge in [-0.25, -0.2) is 8.42 Å². The number of aryl methyl sites for hydroxylation is 2. The van der Waals surface area contributed by atoms with Gasteiger partial charge < -0.3 is 4.57 Å². The van der Waals surface area contributed by atoms with Crippen LogP contribution in [0.5, 0.6) is 0 Å². The second kappa shape index (κ2) is 8.22. The van der Waals surface area contributed by atoms with E-state index in [1.807, 2.05) is 51.1 Å². The normalized spacial score (nSPS) is 11.9. The fraction of sp³-hybridized carbons (Fsp3) is 0.200. The van der Waals surface area contributed by atoms with Gasteiger partial charge in [0.2, 0.25) is 19.3 Å². The smallest absolute Gasteiger partial charge is 0.268 e. The quantitative estimate of drug-likeness (QED) is 0.369. The lowest BCUT2D eigenvalue weighted by molar-refractivity contribution is -0.112. The molecule has 3 rings (SSSR count). The summed E-state index contributed by atoms with van der Waals surface area (Å²) in [7, 11) is -3.52. The lowest BCUT2D eigenvalue weighted by Crippen LogP contribution is -2.13. The largest absolute Gasteiger partial charge is 0.318 e. The van der Waals surface area contributed by atoms with E-state index in [4.69, 9.17) is 0 Å². The van der Waals surface area contributed by atoms with Crippen molar-refractivity contribution in [3.05, 3.63) is 58.4 Å². The molecule has 0 spiro atoms. The molecule has 3 aromatic rings. The maximum absolute atomic E-state index is 12.5. The number of benzene rings is 1. The number of sulfone groups is 1. The van der Waals surface area contributed by atoms with E-state index in [9.17, 15) is 18.5 Å². The van der Waals surface area contributed by atoms with Crippen LogP contribution in [-0.2, 0) is 14.6 Å². The molecule has 0 saturated heterocycles. The molecular formula is C20H19N5O3S2. The van der Waals surface area contributed by atoms with Crippen LogP contribution in [0, 0.1) is 32.1 Å². The van der Waals surface area contributed by atoms with E-state index in [0.717, 1.165) is 45.8 Å². The number of amides is 1. The minimum absolute atomic E-state index is 0.00630. The molecule has 1 aromatic carbocycles. The highest BCUT2D eigenvalue weighted by Crippen LogP contribution is 2.24. The predicted molar refractivity (Wildman–Crippen MR) is 115 cm³/mol. The molecule has 1 N–H and O–H groups in total. The average Bonchev–Trinajstić information content (AvgIpc) is 3.24. The lowest BCUT2D eigenvalue weighted by Gasteiger charge is -2.10. The summed E-state index contributed by atoms with van der Waals surface area (Å²) < 4.78 is 24.8. The highest BCUT2D eigenvalue weighted by atomic mass is 32.2. The molecule has 2 heterocycles. The van der Waals surface area contributed by atoms with Crippen LogP contribution in [0.3, 0.4) is 0 Å². The predicted octanol–water partition coefficient (Wildman–Crippen LogP) is 3.20. The van der Waals surface area contributed by atoms with Crippen LogP contribution in [0.1, 0.15) is 22.5 Å². The molecule has 0 fully saturated rings. The maximum atomic E-state index is 12.5. The number of rotatable bonds is 5. The number of carbonyl (C=O) groups is 1. The summed E-state index contributed by atoms with van der Waals surface area (Å²) in [6.07, 6.45) is 2.51. The zero-order chi connectivity index (χ0) is 22.1. The zero-order valence-electron chi connectivity index (χ0n) is 16.8. The second-order valence-electron chi connectivity index (χ2n) is 6.77. The van der Waals surface area contributed by atoms with Gasteiger partial charge in [-0.2, -0.15) is 5.26 Å². The molecular weight excluding hydrogens is 422 g/mol. The van der Waals surface area contributed by atoms with E-state index in [0.29, 0.717) is 0 Å². The molecule has 8 nitrogen and oxygen atoms in total. The first-order chi connectivity index (χ1) is 14.1. The Morgan fingerprint density at radius 1 is 1.23 bits per heavy atom. The molecule has 1 amide bonds. The Bertz CT molecular complexity index is 1310. The van der Waals surface area contributed by atoms with Crippen molar-refractivity contribution in [2.24, 2.45) is 0 Å². The van der Waals surface area contributed by atoms with Crippen molar-refractivity contribution in [1.29, 1.82) is 5.26 Å². The van der Waals surface area contributed by atoms with Crippen molar-refractivity contribution in [1.82, 2.24) is 14.8 Å². The van der Waals surface area contributed by atoms with Gasteiger partial charge in [0.25, 0.3) is 5.91 Å². The highest BCUT2D eigenvalue weighted by Gasteiger charge is 2.18. The Kier molecular flexibility index (Phi) is 5.87. The van der Waals surface area contributed by atoms with Gasteiger partial charge in [-0.1, -0.05) is 23.5 Å². The number of hydrogen-bond donors (Lipinski definition) is 1. The molecule has 0 aliphatic rings. The topological polar surface area (TPSA) is 118 Å². The molecule has 0 aliphatic carbocycles. The molecule has 2 aromatic heterocycles. The molecule has 154 valence electrons. The summed E-state index contributed by atoms with van der Waals surface area (Å²) in [6, 6.07) is 11.8. The number of hydrogen-bond acceptors (Lipinski definition) is 7. The standard InChI is InChI=1S/C20H19N5O3S2/c1-12-6-5-7-17(8-12)25-13(2)9-15(14(25)3)10-16(11-21)18(26)22-19-23-24-20(29-19)30(4,27)28/h5-10H,1-4H3,(H,22,23,26)/b16-10-. The van der Waals surface area contributed by atoms with Crippen molar-refractivity contribution < 1.29 is 13.2 Å². The molecule has 0 bridgehead atoms. The van der Waals surface area contributed by atoms with Crippen LogP contribution >= 0.6 is 11.3 Å². The monoisotopic (exact) mass is 441 g/mol. The van der Waals surface area contributed by atoms with Gasteiger partial charge in [-0.05, 0) is 56.2 Å². The summed E-state index contributed by atoms with van der Waals surface area (Å²) in [4.78, 5) is 12.5. The molecule has 0 aliphatic heterocycles. The Morgan fingerprint density at radius 3 is 2.57 bits per heavy atom. The SMILES string of the molecule is Cc1cccc(-n2c(C)cc(/C=C(/C#N)C(=O)Nc3nnc(S(C)(=O)=O)s3)c2C)c1. The molecule has 0 atom stereocenters. The molecule has 0 radical (unpaired) electrons. The number of carbonyl (C=O) groups excluding carboxylic acids is 1. The first-order valence-electron chi connectivity index (χ1n) is 8.83.